The summed E-state index contributed by atoms with van der Waals surface area (Å²) in [5, 5.41) is 7.59. The zero-order chi connectivity index (χ0) is 17.3. The lowest BCUT2D eigenvalue weighted by Gasteiger charge is -2.35. The normalized spacial score (nSPS) is 21.4. The van der Waals surface area contributed by atoms with Crippen LogP contribution in [0.4, 0.5) is 0 Å². The Morgan fingerprint density at radius 2 is 2.00 bits per heavy atom. The molecule has 1 fully saturated rings. The average molecular weight is 386 g/mol. The summed E-state index contributed by atoms with van der Waals surface area (Å²) in [6, 6.07) is 4.96. The van der Waals surface area contributed by atoms with Crippen molar-refractivity contribution in [1.82, 2.24) is 15.5 Å². The molecule has 0 saturated carbocycles. The van der Waals surface area contributed by atoms with Gasteiger partial charge in [-0.2, -0.15) is 0 Å². The van der Waals surface area contributed by atoms with E-state index >= 15 is 0 Å². The Balaban J connectivity index is 1.98. The van der Waals surface area contributed by atoms with Gasteiger partial charge in [-0.15, -0.1) is 0 Å². The van der Waals surface area contributed by atoms with Crippen molar-refractivity contribution < 1.29 is 9.53 Å². The summed E-state index contributed by atoms with van der Waals surface area (Å²) in [5.41, 5.74) is 2.21. The standard InChI is InChI=1S/C16H17Cl2N3O2S/c1-9-13(15(22)21-4-6-23-7-5-21)14(20-16(24)19-9)10-2-3-11(17)12(18)8-10/h2-3,8,14H,4-7H2,1H3,(H2,19,20,24)/t14-/m0/s1. The monoisotopic (exact) mass is 385 g/mol. The van der Waals surface area contributed by atoms with E-state index in [1.165, 1.54) is 0 Å². The fraction of sp³-hybridized carbons (Fsp3) is 0.375. The van der Waals surface area contributed by atoms with E-state index in [0.29, 0.717) is 47.0 Å². The van der Waals surface area contributed by atoms with Crippen LogP contribution < -0.4 is 10.6 Å². The highest BCUT2D eigenvalue weighted by Gasteiger charge is 2.33. The summed E-state index contributed by atoms with van der Waals surface area (Å²) < 4.78 is 5.33. The molecule has 3 rings (SSSR count). The molecule has 2 N–H and O–H groups in total. The van der Waals surface area contributed by atoms with Crippen molar-refractivity contribution in [2.45, 2.75) is 13.0 Å². The number of ether oxygens (including phenoxy) is 1. The lowest BCUT2D eigenvalue weighted by molar-refractivity contribution is -0.131. The minimum Gasteiger partial charge on any atom is -0.378 e. The smallest absolute Gasteiger partial charge is 0.254 e. The molecule has 0 unspecified atom stereocenters. The fourth-order valence-corrected chi connectivity index (χ4v) is 3.43. The van der Waals surface area contributed by atoms with Crippen molar-refractivity contribution in [3.63, 3.8) is 0 Å². The van der Waals surface area contributed by atoms with Crippen LogP contribution in [-0.4, -0.2) is 42.2 Å². The Hall–Kier alpha value is -1.34. The highest BCUT2D eigenvalue weighted by atomic mass is 35.5. The predicted octanol–water partition coefficient (Wildman–Crippen LogP) is 2.64. The Morgan fingerprint density at radius 3 is 2.67 bits per heavy atom. The van der Waals surface area contributed by atoms with Gasteiger partial charge in [0.25, 0.3) is 5.91 Å². The second kappa shape index (κ2) is 7.27. The molecule has 1 atom stereocenters. The van der Waals surface area contributed by atoms with Crippen molar-refractivity contribution in [3.8, 4) is 0 Å². The molecule has 1 amide bonds. The molecule has 128 valence electrons. The number of nitrogens with zero attached hydrogens (tertiary/aromatic N) is 1. The van der Waals surface area contributed by atoms with E-state index in [1.807, 2.05) is 13.0 Å². The molecular formula is C16H17Cl2N3O2S. The SMILES string of the molecule is CC1=C(C(=O)N2CCOCC2)[C@H](c2ccc(Cl)c(Cl)c2)NC(=S)N1. The zero-order valence-corrected chi connectivity index (χ0v) is 15.4. The molecule has 8 heteroatoms. The Kier molecular flexibility index (Phi) is 5.30. The molecule has 0 aliphatic carbocycles. The number of thiocarbonyl (C=S) groups is 1. The minimum absolute atomic E-state index is 0.0330. The van der Waals surface area contributed by atoms with Crippen LogP contribution in [0.2, 0.25) is 10.0 Å². The van der Waals surface area contributed by atoms with Crippen LogP contribution in [-0.2, 0) is 9.53 Å². The lowest BCUT2D eigenvalue weighted by Crippen LogP contribution is -2.49. The third-order valence-electron chi connectivity index (χ3n) is 4.07. The van der Waals surface area contributed by atoms with Gasteiger partial charge in [0.15, 0.2) is 5.11 Å². The molecule has 0 radical (unpaired) electrons. The maximum absolute atomic E-state index is 13.0. The summed E-state index contributed by atoms with van der Waals surface area (Å²) in [6.45, 7) is 4.11. The molecule has 2 aliphatic rings. The maximum atomic E-state index is 13.0. The summed E-state index contributed by atoms with van der Waals surface area (Å²) in [6.07, 6.45) is 0. The number of hydrogen-bond donors (Lipinski definition) is 2. The number of morpholine rings is 1. The van der Waals surface area contributed by atoms with Crippen LogP contribution in [0.3, 0.4) is 0 Å². The second-order valence-corrected chi connectivity index (χ2v) is 6.87. The molecular weight excluding hydrogens is 369 g/mol. The molecule has 1 saturated heterocycles. The Bertz CT molecular complexity index is 717. The van der Waals surface area contributed by atoms with Gasteiger partial charge in [-0.05, 0) is 36.8 Å². The lowest BCUT2D eigenvalue weighted by atomic mass is 9.94. The molecule has 2 aliphatic heterocycles. The number of carbonyl (C=O) groups excluding carboxylic acids is 1. The first-order valence-corrected chi connectivity index (χ1v) is 8.74. The van der Waals surface area contributed by atoms with E-state index in [9.17, 15) is 4.79 Å². The minimum atomic E-state index is -0.371. The van der Waals surface area contributed by atoms with E-state index in [0.717, 1.165) is 11.3 Å². The zero-order valence-electron chi connectivity index (χ0n) is 13.1. The van der Waals surface area contributed by atoms with Crippen LogP contribution in [0.5, 0.6) is 0 Å². The van der Waals surface area contributed by atoms with Gasteiger partial charge in [0.1, 0.15) is 0 Å². The maximum Gasteiger partial charge on any atom is 0.254 e. The summed E-state index contributed by atoms with van der Waals surface area (Å²) >= 11 is 17.4. The molecule has 0 aromatic heterocycles. The first kappa shape index (κ1) is 17.5. The van der Waals surface area contributed by atoms with Crippen molar-refractivity contribution in [2.24, 2.45) is 0 Å². The van der Waals surface area contributed by atoms with Crippen molar-refractivity contribution >= 4 is 46.4 Å². The van der Waals surface area contributed by atoms with Gasteiger partial charge < -0.3 is 20.3 Å². The molecule has 0 bridgehead atoms. The van der Waals surface area contributed by atoms with Gasteiger partial charge in [0, 0.05) is 18.8 Å². The Morgan fingerprint density at radius 1 is 1.29 bits per heavy atom. The van der Waals surface area contributed by atoms with Crippen LogP contribution in [0, 0.1) is 0 Å². The van der Waals surface area contributed by atoms with Crippen LogP contribution >= 0.6 is 35.4 Å². The van der Waals surface area contributed by atoms with Gasteiger partial charge in [-0.1, -0.05) is 29.3 Å². The number of nitrogens with one attached hydrogen (secondary N) is 2. The summed E-state index contributed by atoms with van der Waals surface area (Å²) in [7, 11) is 0. The number of allylic oxidation sites excluding steroid dienone is 1. The van der Waals surface area contributed by atoms with Crippen molar-refractivity contribution in [1.29, 1.82) is 0 Å². The number of benzene rings is 1. The third kappa shape index (κ3) is 3.52. The first-order valence-electron chi connectivity index (χ1n) is 7.57. The number of amides is 1. The third-order valence-corrected chi connectivity index (χ3v) is 5.03. The van der Waals surface area contributed by atoms with E-state index < -0.39 is 0 Å². The summed E-state index contributed by atoms with van der Waals surface area (Å²) in [5.74, 6) is -0.0330. The van der Waals surface area contributed by atoms with E-state index in [-0.39, 0.29) is 11.9 Å². The van der Waals surface area contributed by atoms with E-state index in [2.05, 4.69) is 10.6 Å². The fourth-order valence-electron chi connectivity index (χ4n) is 2.86. The number of carbonyl (C=O) groups is 1. The molecule has 5 nitrogen and oxygen atoms in total. The number of rotatable bonds is 2. The molecule has 0 spiro atoms. The van der Waals surface area contributed by atoms with Gasteiger partial charge in [0.2, 0.25) is 0 Å². The van der Waals surface area contributed by atoms with Gasteiger partial charge in [-0.25, -0.2) is 0 Å². The van der Waals surface area contributed by atoms with Crippen molar-refractivity contribution in [3.05, 3.63) is 45.1 Å². The topological polar surface area (TPSA) is 53.6 Å². The van der Waals surface area contributed by atoms with Crippen molar-refractivity contribution in [2.75, 3.05) is 26.3 Å². The van der Waals surface area contributed by atoms with E-state index in [1.54, 1.807) is 17.0 Å². The highest BCUT2D eigenvalue weighted by molar-refractivity contribution is 7.80. The van der Waals surface area contributed by atoms with Crippen LogP contribution in [0.25, 0.3) is 0 Å². The average Bonchev–Trinajstić information content (AvgIpc) is 2.57. The number of hydrogen-bond acceptors (Lipinski definition) is 3. The van der Waals surface area contributed by atoms with Crippen LogP contribution in [0.15, 0.2) is 29.5 Å². The molecule has 1 aromatic rings. The second-order valence-electron chi connectivity index (χ2n) is 5.65. The van der Waals surface area contributed by atoms with Gasteiger partial charge in [-0.3, -0.25) is 4.79 Å². The molecule has 1 aromatic carbocycles. The van der Waals surface area contributed by atoms with Crippen LogP contribution in [0.1, 0.15) is 18.5 Å². The number of halogens is 2. The molecule has 24 heavy (non-hydrogen) atoms. The Labute approximate surface area is 155 Å². The van der Waals surface area contributed by atoms with Gasteiger partial charge in [0.05, 0.1) is 34.9 Å². The predicted molar refractivity (Wildman–Crippen MR) is 98.2 cm³/mol. The van der Waals surface area contributed by atoms with E-state index in [4.69, 9.17) is 40.2 Å². The summed E-state index contributed by atoms with van der Waals surface area (Å²) in [4.78, 5) is 14.8. The van der Waals surface area contributed by atoms with Gasteiger partial charge >= 0.3 is 0 Å². The molecule has 2 heterocycles. The first-order chi connectivity index (χ1) is 11.5. The highest BCUT2D eigenvalue weighted by Crippen LogP contribution is 2.32. The largest absolute Gasteiger partial charge is 0.378 e. The quantitative estimate of drug-likeness (QED) is 0.766.